The number of hydrogen-bond donors (Lipinski definition) is 1. The minimum absolute atomic E-state index is 0.0179. The predicted molar refractivity (Wildman–Crippen MR) is 144 cm³/mol. The van der Waals surface area contributed by atoms with Gasteiger partial charge >= 0.3 is 0 Å². The zero-order chi connectivity index (χ0) is 24.2. The van der Waals surface area contributed by atoms with E-state index >= 15 is 0 Å². The second kappa shape index (κ2) is 10.8. The van der Waals surface area contributed by atoms with E-state index < -0.39 is 10.8 Å². The molecule has 0 aliphatic heterocycles. The summed E-state index contributed by atoms with van der Waals surface area (Å²) in [6.07, 6.45) is 1.52. The Morgan fingerprint density at radius 3 is 2.44 bits per heavy atom. The fourth-order valence-corrected chi connectivity index (χ4v) is 5.65. The number of benzene rings is 3. The average Bonchev–Trinajstić information content (AvgIpc) is 3.23. The van der Waals surface area contributed by atoms with Crippen molar-refractivity contribution < 1.29 is 14.5 Å². The van der Waals surface area contributed by atoms with E-state index in [1.54, 1.807) is 12.1 Å². The Hall–Kier alpha value is -2.60. The largest absolute Gasteiger partial charge is 0.487 e. The zero-order valence-corrected chi connectivity index (χ0v) is 22.7. The van der Waals surface area contributed by atoms with Crippen LogP contribution in [-0.4, -0.2) is 17.0 Å². The third kappa shape index (κ3) is 5.90. The molecule has 7 nitrogen and oxygen atoms in total. The van der Waals surface area contributed by atoms with Gasteiger partial charge < -0.3 is 4.74 Å². The summed E-state index contributed by atoms with van der Waals surface area (Å²) in [5.74, 6) is 0.260. The second-order valence-electron chi connectivity index (χ2n) is 7.02. The fourth-order valence-electron chi connectivity index (χ4n) is 3.00. The number of rotatable bonds is 7. The molecule has 0 fully saturated rings. The van der Waals surface area contributed by atoms with Gasteiger partial charge in [0.1, 0.15) is 12.4 Å². The lowest BCUT2D eigenvalue weighted by Gasteiger charge is -2.11. The Morgan fingerprint density at radius 1 is 1.06 bits per heavy atom. The molecule has 0 saturated carbocycles. The number of non-ortho nitro benzene ring substituents is 1. The molecule has 4 rings (SSSR count). The van der Waals surface area contributed by atoms with Crippen molar-refractivity contribution in [2.45, 2.75) is 6.61 Å². The van der Waals surface area contributed by atoms with E-state index in [1.807, 2.05) is 36.4 Å². The van der Waals surface area contributed by atoms with Crippen LogP contribution in [0.1, 0.15) is 20.8 Å². The minimum atomic E-state index is -0.464. The number of nitrogens with one attached hydrogen (secondary N) is 1. The molecule has 0 spiro atoms. The summed E-state index contributed by atoms with van der Waals surface area (Å²) in [4.78, 5) is 23.3. The van der Waals surface area contributed by atoms with Crippen LogP contribution in [0, 0.1) is 10.1 Å². The van der Waals surface area contributed by atoms with Gasteiger partial charge in [-0.05, 0) is 79.4 Å². The number of hydrazone groups is 1. The van der Waals surface area contributed by atoms with Gasteiger partial charge in [-0.1, -0.05) is 28.1 Å². The van der Waals surface area contributed by atoms with Gasteiger partial charge in [-0.15, -0.1) is 11.3 Å². The van der Waals surface area contributed by atoms with Gasteiger partial charge in [0.15, 0.2) is 0 Å². The molecule has 1 heterocycles. The molecule has 1 N–H and O–H groups in total. The summed E-state index contributed by atoms with van der Waals surface area (Å²) in [6.45, 7) is 0.409. The summed E-state index contributed by atoms with van der Waals surface area (Å²) in [6, 6.07) is 17.6. The van der Waals surface area contributed by atoms with Crippen molar-refractivity contribution >= 4 is 87.0 Å². The normalized spacial score (nSPS) is 11.1. The van der Waals surface area contributed by atoms with Crippen molar-refractivity contribution in [3.8, 4) is 5.75 Å². The van der Waals surface area contributed by atoms with E-state index in [0.29, 0.717) is 22.6 Å². The molecule has 172 valence electrons. The Bertz CT molecular complexity index is 1400. The molecule has 0 radical (unpaired) electrons. The Balaban J connectivity index is 1.41. The van der Waals surface area contributed by atoms with Crippen LogP contribution in [0.25, 0.3) is 10.1 Å². The Labute approximate surface area is 223 Å². The number of halogens is 3. The van der Waals surface area contributed by atoms with Crippen molar-refractivity contribution in [2.24, 2.45) is 5.10 Å². The lowest BCUT2D eigenvalue weighted by molar-refractivity contribution is -0.384. The average molecular weight is 668 g/mol. The van der Waals surface area contributed by atoms with E-state index in [4.69, 9.17) is 4.74 Å². The number of carbonyl (C=O) groups is 1. The molecule has 0 unspecified atom stereocenters. The highest BCUT2D eigenvalue weighted by molar-refractivity contribution is 9.11. The van der Waals surface area contributed by atoms with Crippen molar-refractivity contribution in [1.29, 1.82) is 0 Å². The number of nitro benzene ring substituents is 1. The maximum Gasteiger partial charge on any atom is 0.281 e. The van der Waals surface area contributed by atoms with Crippen LogP contribution in [0.3, 0.4) is 0 Å². The van der Waals surface area contributed by atoms with Crippen LogP contribution in [0.15, 0.2) is 79.2 Å². The molecule has 3 aromatic carbocycles. The van der Waals surface area contributed by atoms with Gasteiger partial charge in [0, 0.05) is 26.7 Å². The molecule has 0 aliphatic rings. The molecule has 1 amide bonds. The van der Waals surface area contributed by atoms with E-state index in [1.165, 1.54) is 29.7 Å². The summed E-state index contributed by atoms with van der Waals surface area (Å²) >= 11 is 11.7. The molecule has 0 bridgehead atoms. The number of hydrogen-bond acceptors (Lipinski definition) is 6. The number of amides is 1. The second-order valence-corrected chi connectivity index (χ2v) is 10.7. The Kier molecular flexibility index (Phi) is 7.77. The van der Waals surface area contributed by atoms with E-state index in [-0.39, 0.29) is 5.69 Å². The van der Waals surface area contributed by atoms with Crippen LogP contribution in [-0.2, 0) is 6.61 Å². The zero-order valence-electron chi connectivity index (χ0n) is 17.1. The first-order valence-corrected chi connectivity index (χ1v) is 12.9. The number of nitrogens with zero attached hydrogens (tertiary/aromatic N) is 2. The van der Waals surface area contributed by atoms with Crippen molar-refractivity contribution in [2.75, 3.05) is 0 Å². The van der Waals surface area contributed by atoms with E-state index in [0.717, 1.165) is 29.2 Å². The highest BCUT2D eigenvalue weighted by Gasteiger charge is 2.13. The molecule has 34 heavy (non-hydrogen) atoms. The molecule has 1 aromatic heterocycles. The maximum absolute atomic E-state index is 12.5. The van der Waals surface area contributed by atoms with Gasteiger partial charge in [-0.3, -0.25) is 14.9 Å². The minimum Gasteiger partial charge on any atom is -0.487 e. The monoisotopic (exact) mass is 665 g/mol. The van der Waals surface area contributed by atoms with Gasteiger partial charge in [-0.25, -0.2) is 5.43 Å². The highest BCUT2D eigenvalue weighted by Crippen LogP contribution is 2.35. The first kappa shape index (κ1) is 24.5. The fraction of sp³-hybridized carbons (Fsp3) is 0.0435. The number of fused-ring (bicyclic) bond motifs is 1. The topological polar surface area (TPSA) is 93.8 Å². The van der Waals surface area contributed by atoms with Gasteiger partial charge in [0.2, 0.25) is 0 Å². The molecule has 11 heteroatoms. The van der Waals surface area contributed by atoms with Crippen molar-refractivity contribution in [3.63, 3.8) is 0 Å². The first-order valence-electron chi connectivity index (χ1n) is 9.68. The van der Waals surface area contributed by atoms with Crippen molar-refractivity contribution in [3.05, 3.63) is 100 Å². The standard InChI is InChI=1S/C23H14Br3N3O4S/c24-16-3-1-13(2-4-16)12-33-22-18(25)7-14(8-19(22)26)11-27-28-23(30)21-10-15-9-17(29(31)32)5-6-20(15)34-21/h1-11H,12H2,(H,28,30)/b27-11-. The van der Waals surface area contributed by atoms with E-state index in [2.05, 4.69) is 58.3 Å². The lowest BCUT2D eigenvalue weighted by atomic mass is 10.2. The molecule has 0 atom stereocenters. The summed E-state index contributed by atoms with van der Waals surface area (Å²) in [7, 11) is 0. The number of nitro groups is 1. The summed E-state index contributed by atoms with van der Waals surface area (Å²) < 4.78 is 9.19. The summed E-state index contributed by atoms with van der Waals surface area (Å²) in [5.41, 5.74) is 4.25. The number of thiophene rings is 1. The number of carbonyl (C=O) groups excluding carboxylic acids is 1. The third-order valence-electron chi connectivity index (χ3n) is 4.63. The summed E-state index contributed by atoms with van der Waals surface area (Å²) in [5, 5.41) is 15.6. The van der Waals surface area contributed by atoms with Gasteiger partial charge in [-0.2, -0.15) is 5.10 Å². The Morgan fingerprint density at radius 2 is 1.76 bits per heavy atom. The van der Waals surface area contributed by atoms with Crippen LogP contribution in [0.5, 0.6) is 5.75 Å². The van der Waals surface area contributed by atoms with Crippen molar-refractivity contribution in [1.82, 2.24) is 5.43 Å². The molecule has 0 aliphatic carbocycles. The van der Waals surface area contributed by atoms with Crippen LogP contribution in [0.2, 0.25) is 0 Å². The predicted octanol–water partition coefficient (Wildman–Crippen LogP) is 7.44. The van der Waals surface area contributed by atoms with Gasteiger partial charge in [0.05, 0.1) is 25.0 Å². The quantitative estimate of drug-likeness (QED) is 0.126. The van der Waals surface area contributed by atoms with Crippen LogP contribution in [0.4, 0.5) is 5.69 Å². The third-order valence-corrected chi connectivity index (χ3v) is 7.45. The van der Waals surface area contributed by atoms with Gasteiger partial charge in [0.25, 0.3) is 11.6 Å². The van der Waals surface area contributed by atoms with Crippen LogP contribution >= 0.6 is 59.1 Å². The molecular weight excluding hydrogens is 654 g/mol. The number of ether oxygens (including phenoxy) is 1. The molecule has 0 saturated heterocycles. The molecular formula is C23H14Br3N3O4S. The first-order chi connectivity index (χ1) is 16.3. The SMILES string of the molecule is O=C(N/N=C\c1cc(Br)c(OCc2ccc(Br)cc2)c(Br)c1)c1cc2cc([N+](=O)[O-])ccc2s1. The smallest absolute Gasteiger partial charge is 0.281 e. The lowest BCUT2D eigenvalue weighted by Crippen LogP contribution is -2.16. The molecule has 4 aromatic rings. The van der Waals surface area contributed by atoms with E-state index in [9.17, 15) is 14.9 Å². The maximum atomic E-state index is 12.5. The van der Waals surface area contributed by atoms with Crippen LogP contribution < -0.4 is 10.2 Å². The highest BCUT2D eigenvalue weighted by atomic mass is 79.9.